The smallest absolute Gasteiger partial charge is 0.231 e. The van der Waals surface area contributed by atoms with E-state index in [9.17, 15) is 5.26 Å². The van der Waals surface area contributed by atoms with E-state index in [1.54, 1.807) is 0 Å². The molecule has 4 nitrogen and oxygen atoms in total. The van der Waals surface area contributed by atoms with Crippen LogP contribution in [-0.4, -0.2) is 13.8 Å². The predicted octanol–water partition coefficient (Wildman–Crippen LogP) is 2.68. The van der Waals surface area contributed by atoms with Gasteiger partial charge in [0.2, 0.25) is 6.79 Å². The van der Waals surface area contributed by atoms with E-state index < -0.39 is 0 Å². The Bertz CT molecular complexity index is 544. The summed E-state index contributed by atoms with van der Waals surface area (Å²) in [5.41, 5.74) is 2.02. The molecule has 1 aliphatic carbocycles. The maximum Gasteiger partial charge on any atom is 0.231 e. The molecule has 100 valence electrons. The van der Waals surface area contributed by atoms with Crippen LogP contribution in [0.15, 0.2) is 12.1 Å². The summed E-state index contributed by atoms with van der Waals surface area (Å²) >= 11 is 0. The molecule has 1 aromatic rings. The molecule has 3 rings (SSSR count). The second-order valence-electron chi connectivity index (χ2n) is 5.41. The predicted molar refractivity (Wildman–Crippen MR) is 71.0 cm³/mol. The van der Waals surface area contributed by atoms with E-state index in [0.29, 0.717) is 0 Å². The number of ether oxygens (including phenoxy) is 2. The fraction of sp³-hybridized carbons (Fsp3) is 0.533. The Kier molecular flexibility index (Phi) is 2.87. The van der Waals surface area contributed by atoms with Crippen LogP contribution in [-0.2, 0) is 0 Å². The van der Waals surface area contributed by atoms with Crippen LogP contribution in [0.25, 0.3) is 0 Å². The molecule has 1 atom stereocenters. The van der Waals surface area contributed by atoms with Crippen molar-refractivity contribution in [2.75, 3.05) is 13.8 Å². The highest BCUT2D eigenvalue weighted by Gasteiger charge is 2.45. The lowest BCUT2D eigenvalue weighted by Crippen LogP contribution is -2.41. The van der Waals surface area contributed by atoms with Crippen LogP contribution in [0.2, 0.25) is 0 Å². The maximum atomic E-state index is 9.54. The number of aryl methyl sites for hydroxylation is 1. The fourth-order valence-corrected chi connectivity index (χ4v) is 3.12. The standard InChI is InChI=1S/C15H18N2O2/c1-10-6-12-13(19-9-18-12)7-11(10)14(17-2)15(8-16)4-3-5-15/h6-7,14,17H,3-5,9H2,1-2H3. The molecule has 0 amide bonds. The van der Waals surface area contributed by atoms with E-state index in [1.165, 1.54) is 0 Å². The summed E-state index contributed by atoms with van der Waals surface area (Å²) in [6, 6.07) is 6.61. The van der Waals surface area contributed by atoms with E-state index in [0.717, 1.165) is 41.9 Å². The molecule has 19 heavy (non-hydrogen) atoms. The quantitative estimate of drug-likeness (QED) is 0.905. The number of rotatable bonds is 3. The zero-order valence-corrected chi connectivity index (χ0v) is 11.3. The van der Waals surface area contributed by atoms with Crippen molar-refractivity contribution in [1.29, 1.82) is 5.26 Å². The van der Waals surface area contributed by atoms with Gasteiger partial charge in [-0.1, -0.05) is 6.42 Å². The minimum absolute atomic E-state index is 0.0562. The Labute approximate surface area is 113 Å². The summed E-state index contributed by atoms with van der Waals surface area (Å²) in [7, 11) is 1.92. The number of nitrogens with zero attached hydrogens (tertiary/aromatic N) is 1. The van der Waals surface area contributed by atoms with Crippen LogP contribution in [0.3, 0.4) is 0 Å². The number of hydrogen-bond acceptors (Lipinski definition) is 4. The molecule has 4 heteroatoms. The van der Waals surface area contributed by atoms with Crippen molar-refractivity contribution in [3.63, 3.8) is 0 Å². The van der Waals surface area contributed by atoms with Crippen LogP contribution < -0.4 is 14.8 Å². The minimum atomic E-state index is -0.271. The minimum Gasteiger partial charge on any atom is -0.454 e. The molecule has 1 aliphatic heterocycles. The third-order valence-corrected chi connectivity index (χ3v) is 4.38. The lowest BCUT2D eigenvalue weighted by atomic mass is 9.63. The van der Waals surface area contributed by atoms with Crippen LogP contribution >= 0.6 is 0 Å². The topological polar surface area (TPSA) is 54.3 Å². The number of hydrogen-bond donors (Lipinski definition) is 1. The number of fused-ring (bicyclic) bond motifs is 1. The number of benzene rings is 1. The van der Waals surface area contributed by atoms with Crippen molar-refractivity contribution >= 4 is 0 Å². The van der Waals surface area contributed by atoms with Gasteiger partial charge in [-0.25, -0.2) is 0 Å². The van der Waals surface area contributed by atoms with Gasteiger partial charge < -0.3 is 14.8 Å². The van der Waals surface area contributed by atoms with Gasteiger partial charge in [0.05, 0.1) is 17.5 Å². The van der Waals surface area contributed by atoms with Gasteiger partial charge in [-0.2, -0.15) is 5.26 Å². The normalized spacial score (nSPS) is 20.5. The monoisotopic (exact) mass is 258 g/mol. The highest BCUT2D eigenvalue weighted by molar-refractivity contribution is 5.50. The molecule has 1 aromatic carbocycles. The van der Waals surface area contributed by atoms with E-state index >= 15 is 0 Å². The summed E-state index contributed by atoms with van der Waals surface area (Å²) < 4.78 is 10.8. The summed E-state index contributed by atoms with van der Waals surface area (Å²) in [6.07, 6.45) is 3.06. The third-order valence-electron chi connectivity index (χ3n) is 4.38. The largest absolute Gasteiger partial charge is 0.454 e. The lowest BCUT2D eigenvalue weighted by Gasteiger charge is -2.42. The van der Waals surface area contributed by atoms with Crippen molar-refractivity contribution < 1.29 is 9.47 Å². The third kappa shape index (κ3) is 1.77. The molecule has 0 aromatic heterocycles. The molecule has 0 saturated heterocycles. The number of nitriles is 1. The van der Waals surface area contributed by atoms with Crippen molar-refractivity contribution in [2.24, 2.45) is 5.41 Å². The van der Waals surface area contributed by atoms with Crippen molar-refractivity contribution in [2.45, 2.75) is 32.2 Å². The van der Waals surface area contributed by atoms with Crippen LogP contribution in [0.1, 0.15) is 36.4 Å². The van der Waals surface area contributed by atoms with E-state index in [4.69, 9.17) is 9.47 Å². The molecule has 0 bridgehead atoms. The van der Waals surface area contributed by atoms with E-state index in [2.05, 4.69) is 18.3 Å². The van der Waals surface area contributed by atoms with Gasteiger partial charge in [-0.15, -0.1) is 0 Å². The van der Waals surface area contributed by atoms with Crippen molar-refractivity contribution in [3.8, 4) is 17.6 Å². The molecule has 1 saturated carbocycles. The van der Waals surface area contributed by atoms with Gasteiger partial charge in [0.15, 0.2) is 11.5 Å². The first-order valence-electron chi connectivity index (χ1n) is 6.69. The van der Waals surface area contributed by atoms with E-state index in [1.807, 2.05) is 19.2 Å². The lowest BCUT2D eigenvalue weighted by molar-refractivity contribution is 0.148. The van der Waals surface area contributed by atoms with Gasteiger partial charge in [0.1, 0.15) is 0 Å². The van der Waals surface area contributed by atoms with Crippen LogP contribution in [0.5, 0.6) is 11.5 Å². The van der Waals surface area contributed by atoms with Gasteiger partial charge in [0.25, 0.3) is 0 Å². The average Bonchev–Trinajstić information content (AvgIpc) is 2.80. The molecule has 2 aliphatic rings. The Hall–Kier alpha value is -1.73. The first-order chi connectivity index (χ1) is 9.20. The SMILES string of the molecule is CNC(c1cc2c(cc1C)OCO2)C1(C#N)CCC1. The van der Waals surface area contributed by atoms with Gasteiger partial charge >= 0.3 is 0 Å². The number of nitrogens with one attached hydrogen (secondary N) is 1. The van der Waals surface area contributed by atoms with Gasteiger partial charge in [-0.05, 0) is 50.1 Å². The summed E-state index contributed by atoms with van der Waals surface area (Å²) in [6.45, 7) is 2.34. The second-order valence-corrected chi connectivity index (χ2v) is 5.41. The van der Waals surface area contributed by atoms with Crippen LogP contribution in [0.4, 0.5) is 0 Å². The first kappa shape index (κ1) is 12.3. The average molecular weight is 258 g/mol. The Morgan fingerprint density at radius 1 is 1.32 bits per heavy atom. The van der Waals surface area contributed by atoms with Gasteiger partial charge in [0, 0.05) is 0 Å². The van der Waals surface area contributed by atoms with Crippen LogP contribution in [0, 0.1) is 23.7 Å². The summed E-state index contributed by atoms with van der Waals surface area (Å²) in [5.74, 6) is 1.59. The zero-order chi connectivity index (χ0) is 13.5. The molecule has 1 unspecified atom stereocenters. The first-order valence-corrected chi connectivity index (χ1v) is 6.69. The van der Waals surface area contributed by atoms with Crippen molar-refractivity contribution in [1.82, 2.24) is 5.32 Å². The molecule has 1 N–H and O–H groups in total. The summed E-state index contributed by atoms with van der Waals surface area (Å²) in [5, 5.41) is 12.9. The molecule has 0 spiro atoms. The molecular formula is C15H18N2O2. The highest BCUT2D eigenvalue weighted by atomic mass is 16.7. The Morgan fingerprint density at radius 2 is 2.00 bits per heavy atom. The molecule has 1 heterocycles. The highest BCUT2D eigenvalue weighted by Crippen LogP contribution is 2.51. The maximum absolute atomic E-state index is 9.54. The van der Waals surface area contributed by atoms with E-state index in [-0.39, 0.29) is 18.2 Å². The zero-order valence-electron chi connectivity index (χ0n) is 11.3. The summed E-state index contributed by atoms with van der Waals surface area (Å²) in [4.78, 5) is 0. The van der Waals surface area contributed by atoms with Crippen molar-refractivity contribution in [3.05, 3.63) is 23.3 Å². The fourth-order valence-electron chi connectivity index (χ4n) is 3.12. The molecular weight excluding hydrogens is 240 g/mol. The van der Waals surface area contributed by atoms with Gasteiger partial charge in [-0.3, -0.25) is 0 Å². The molecule has 1 fully saturated rings. The Morgan fingerprint density at radius 3 is 2.53 bits per heavy atom. The second kappa shape index (κ2) is 4.43. The molecule has 0 radical (unpaired) electrons. The Balaban J connectivity index is 2.03.